The van der Waals surface area contributed by atoms with Gasteiger partial charge in [-0.1, -0.05) is 59.7 Å². The van der Waals surface area contributed by atoms with E-state index in [1.807, 2.05) is 0 Å². The Morgan fingerprint density at radius 1 is 0.690 bits per heavy atom. The van der Waals surface area contributed by atoms with Gasteiger partial charge in [0.25, 0.3) is 0 Å². The summed E-state index contributed by atoms with van der Waals surface area (Å²) in [6.07, 6.45) is 19.3. The maximum absolute atomic E-state index is 3.33. The second-order valence-electron chi connectivity index (χ2n) is 6.95. The van der Waals surface area contributed by atoms with Crippen LogP contribution in [0.5, 0.6) is 0 Å². The number of allylic oxidation sites excluding steroid dienone is 8. The first-order valence-corrected chi connectivity index (χ1v) is 9.32. The van der Waals surface area contributed by atoms with Crippen LogP contribution in [-0.4, -0.2) is 0 Å². The third-order valence-corrected chi connectivity index (χ3v) is 4.49. The van der Waals surface area contributed by atoms with Crippen LogP contribution in [0.25, 0.3) is 0 Å². The van der Waals surface area contributed by atoms with Crippen LogP contribution in [0.15, 0.2) is 84.0 Å². The van der Waals surface area contributed by atoms with Crippen LogP contribution in [0, 0.1) is 26.0 Å². The third kappa shape index (κ3) is 9.46. The molecule has 0 atom stereocenters. The summed E-state index contributed by atoms with van der Waals surface area (Å²) in [6.45, 7) is 4.26. The Balaban J connectivity index is 0.000000490. The summed E-state index contributed by atoms with van der Waals surface area (Å²) in [5.74, 6) is 0. The molecule has 0 N–H and O–H groups in total. The molecule has 0 unspecified atom stereocenters. The van der Waals surface area contributed by atoms with Crippen LogP contribution in [0.1, 0.15) is 35.1 Å². The molecule has 0 saturated heterocycles. The molecular formula is C26H26F2Zr. The summed E-state index contributed by atoms with van der Waals surface area (Å²) >= 11 is 0. The number of aryl methyl sites for hydroxylation is 2. The fraction of sp³-hybridized carbons (Fsp3) is 0.231. The summed E-state index contributed by atoms with van der Waals surface area (Å²) in [4.78, 5) is 0. The molecule has 0 radical (unpaired) electrons. The van der Waals surface area contributed by atoms with Crippen molar-refractivity contribution in [3.8, 4) is 0 Å². The van der Waals surface area contributed by atoms with Crippen molar-refractivity contribution < 1.29 is 35.6 Å². The maximum Gasteiger partial charge on any atom is 4.00 e. The van der Waals surface area contributed by atoms with E-state index in [2.05, 4.69) is 98.8 Å². The first-order valence-electron chi connectivity index (χ1n) is 9.32. The van der Waals surface area contributed by atoms with Gasteiger partial charge in [-0.25, -0.2) is 23.3 Å². The van der Waals surface area contributed by atoms with E-state index < -0.39 is 0 Å². The van der Waals surface area contributed by atoms with Crippen molar-refractivity contribution in [1.82, 2.24) is 0 Å². The normalized spacial score (nSPS) is 13.2. The van der Waals surface area contributed by atoms with Crippen molar-refractivity contribution in [2.45, 2.75) is 39.5 Å². The van der Waals surface area contributed by atoms with Crippen molar-refractivity contribution >= 4 is 0 Å². The van der Waals surface area contributed by atoms with Crippen LogP contribution in [0.3, 0.4) is 0 Å². The Kier molecular flexibility index (Phi) is 13.3. The third-order valence-electron chi connectivity index (χ3n) is 4.49. The van der Waals surface area contributed by atoms with Gasteiger partial charge in [-0.3, -0.25) is 12.2 Å². The Hall–Kier alpha value is -1.86. The van der Waals surface area contributed by atoms with Crippen LogP contribution < -0.4 is 9.41 Å². The monoisotopic (exact) mass is 466 g/mol. The molecule has 0 aliphatic heterocycles. The molecule has 0 fully saturated rings. The van der Waals surface area contributed by atoms with Gasteiger partial charge < -0.3 is 9.41 Å². The van der Waals surface area contributed by atoms with Crippen LogP contribution in [-0.2, 0) is 39.0 Å². The molecule has 2 aliphatic carbocycles. The first-order chi connectivity index (χ1) is 12.7. The summed E-state index contributed by atoms with van der Waals surface area (Å²) in [7, 11) is 0. The van der Waals surface area contributed by atoms with Crippen LogP contribution in [0.4, 0.5) is 0 Å². The predicted octanol–water partition coefficient (Wildman–Crippen LogP) is 0.460. The molecule has 0 nitrogen and oxygen atoms in total. The topological polar surface area (TPSA) is 0 Å². The largest absolute Gasteiger partial charge is 4.00 e. The Bertz CT molecular complexity index is 802. The molecule has 2 aromatic rings. The van der Waals surface area contributed by atoms with Crippen molar-refractivity contribution in [2.75, 3.05) is 0 Å². The minimum atomic E-state index is 0. The molecule has 0 bridgehead atoms. The van der Waals surface area contributed by atoms with Gasteiger partial charge in [0.2, 0.25) is 0 Å². The van der Waals surface area contributed by atoms with Crippen LogP contribution >= 0.6 is 0 Å². The number of hydrogen-bond acceptors (Lipinski definition) is 0. The summed E-state index contributed by atoms with van der Waals surface area (Å²) < 4.78 is 0. The van der Waals surface area contributed by atoms with Gasteiger partial charge in [0.1, 0.15) is 0 Å². The van der Waals surface area contributed by atoms with E-state index in [0.717, 1.165) is 25.7 Å². The molecule has 29 heavy (non-hydrogen) atoms. The zero-order chi connectivity index (χ0) is 18.2. The van der Waals surface area contributed by atoms with Gasteiger partial charge in [0.05, 0.1) is 0 Å². The summed E-state index contributed by atoms with van der Waals surface area (Å²) in [5.41, 5.74) is 8.08. The second kappa shape index (κ2) is 14.2. The fourth-order valence-corrected chi connectivity index (χ4v) is 3.23. The average molecular weight is 468 g/mol. The van der Waals surface area contributed by atoms with Gasteiger partial charge >= 0.3 is 26.2 Å². The summed E-state index contributed by atoms with van der Waals surface area (Å²) in [5, 5.41) is 0. The minimum absolute atomic E-state index is 0. The second-order valence-corrected chi connectivity index (χ2v) is 6.95. The molecule has 0 amide bonds. The smallest absolute Gasteiger partial charge is 1.00 e. The Labute approximate surface area is 193 Å². The van der Waals surface area contributed by atoms with E-state index in [-0.39, 0.29) is 35.6 Å². The molecule has 0 aromatic heterocycles. The van der Waals surface area contributed by atoms with Gasteiger partial charge in [-0.05, 0) is 37.8 Å². The van der Waals surface area contributed by atoms with E-state index in [1.54, 1.807) is 0 Å². The van der Waals surface area contributed by atoms with E-state index in [1.165, 1.54) is 33.4 Å². The van der Waals surface area contributed by atoms with Crippen molar-refractivity contribution in [2.24, 2.45) is 0 Å². The molecule has 0 heterocycles. The van der Waals surface area contributed by atoms with E-state index in [4.69, 9.17) is 0 Å². The SMILES string of the molecule is Cc1cccc(CC2=[C-]CC=C2)c1.Cc1cccc(CC2=[C-]CC=C2)c1.[F-].[F-].[Zr+4]. The number of rotatable bonds is 4. The molecule has 148 valence electrons. The van der Waals surface area contributed by atoms with E-state index >= 15 is 0 Å². The quantitative estimate of drug-likeness (QED) is 0.574. The van der Waals surface area contributed by atoms with Gasteiger partial charge in [-0.2, -0.15) is 12.2 Å². The Morgan fingerprint density at radius 2 is 1.10 bits per heavy atom. The van der Waals surface area contributed by atoms with Crippen molar-refractivity contribution in [1.29, 1.82) is 0 Å². The molecular weight excluding hydrogens is 442 g/mol. The van der Waals surface area contributed by atoms with E-state index in [9.17, 15) is 0 Å². The molecule has 0 spiro atoms. The standard InChI is InChI=1S/2C13H13.2FH.Zr/c2*1-11-5-4-8-13(9-11)10-12-6-2-3-7-12;;;/h2*2,4-6,8-9H,3,10H2,1H3;2*1H;/q2*-1;;;+4/p-2. The number of hydrogen-bond donors (Lipinski definition) is 0. The first kappa shape index (κ1) is 27.1. The fourth-order valence-electron chi connectivity index (χ4n) is 3.23. The van der Waals surface area contributed by atoms with Gasteiger partial charge in [-0.15, -0.1) is 12.8 Å². The van der Waals surface area contributed by atoms with Crippen molar-refractivity contribution in [3.05, 3.63) is 118 Å². The van der Waals surface area contributed by atoms with E-state index in [0.29, 0.717) is 0 Å². The zero-order valence-electron chi connectivity index (χ0n) is 17.0. The molecule has 0 saturated carbocycles. The molecule has 2 aromatic carbocycles. The molecule has 3 heteroatoms. The van der Waals surface area contributed by atoms with Gasteiger partial charge in [0.15, 0.2) is 0 Å². The minimum Gasteiger partial charge on any atom is -1.00 e. The molecule has 4 rings (SSSR count). The maximum atomic E-state index is 3.33. The number of halogens is 2. The number of benzene rings is 2. The summed E-state index contributed by atoms with van der Waals surface area (Å²) in [6, 6.07) is 17.3. The molecule has 2 aliphatic rings. The zero-order valence-corrected chi connectivity index (χ0v) is 19.5. The van der Waals surface area contributed by atoms with Crippen molar-refractivity contribution in [3.63, 3.8) is 0 Å². The average Bonchev–Trinajstić information content (AvgIpc) is 3.30. The predicted molar refractivity (Wildman–Crippen MR) is 111 cm³/mol. The Morgan fingerprint density at radius 3 is 1.41 bits per heavy atom. The van der Waals surface area contributed by atoms with Crippen LogP contribution in [0.2, 0.25) is 0 Å². The van der Waals surface area contributed by atoms with Gasteiger partial charge in [0, 0.05) is 0 Å².